The molecule has 0 aliphatic heterocycles. The minimum atomic E-state index is -0.291. The number of hydrogen-bond donors (Lipinski definition) is 3. The van der Waals surface area contributed by atoms with Crippen molar-refractivity contribution < 1.29 is 9.59 Å². The van der Waals surface area contributed by atoms with E-state index in [4.69, 9.17) is 12.2 Å². The van der Waals surface area contributed by atoms with Crippen molar-refractivity contribution in [2.24, 2.45) is 0 Å². The second-order valence-electron chi connectivity index (χ2n) is 6.98. The van der Waals surface area contributed by atoms with Gasteiger partial charge in [-0.2, -0.15) is 0 Å². The van der Waals surface area contributed by atoms with Crippen LogP contribution in [0.4, 0.5) is 11.4 Å². The topological polar surface area (TPSA) is 70.2 Å². The first-order chi connectivity index (χ1) is 14.9. The molecule has 0 spiro atoms. The molecule has 158 valence electrons. The monoisotopic (exact) mass is 495 g/mol. The molecule has 0 atom stereocenters. The summed E-state index contributed by atoms with van der Waals surface area (Å²) in [4.78, 5) is 24.5. The first kappa shape index (κ1) is 22.7. The van der Waals surface area contributed by atoms with Crippen LogP contribution in [0, 0.1) is 6.92 Å². The van der Waals surface area contributed by atoms with E-state index in [1.165, 1.54) is 0 Å². The van der Waals surface area contributed by atoms with E-state index in [2.05, 4.69) is 31.9 Å². The van der Waals surface area contributed by atoms with Gasteiger partial charge in [-0.3, -0.25) is 14.9 Å². The highest BCUT2D eigenvalue weighted by Crippen LogP contribution is 2.18. The molecule has 0 saturated heterocycles. The van der Waals surface area contributed by atoms with Crippen LogP contribution in [0.3, 0.4) is 0 Å². The lowest BCUT2D eigenvalue weighted by molar-refractivity contribution is -0.116. The standard InChI is InChI=1S/C24H22BrN3O2S/c1-16-7-9-18(15-21(16)25)23(30)28-24(31)27-20-12-10-19(11-13-20)26-22(29)14-8-17-5-3-2-4-6-17/h2-7,9-13,15H,8,14H2,1H3,(H,26,29)(H2,27,28,30,31). The largest absolute Gasteiger partial charge is 0.332 e. The van der Waals surface area contributed by atoms with Crippen molar-refractivity contribution in [3.05, 3.63) is 94.0 Å². The Bertz CT molecular complexity index is 1090. The number of halogens is 1. The van der Waals surface area contributed by atoms with Crippen molar-refractivity contribution >= 4 is 56.4 Å². The van der Waals surface area contributed by atoms with E-state index in [-0.39, 0.29) is 16.9 Å². The Morgan fingerprint density at radius 3 is 2.19 bits per heavy atom. The molecule has 5 nitrogen and oxygen atoms in total. The number of nitrogens with one attached hydrogen (secondary N) is 3. The minimum absolute atomic E-state index is 0.0448. The average molecular weight is 496 g/mol. The van der Waals surface area contributed by atoms with Gasteiger partial charge in [0.05, 0.1) is 0 Å². The second kappa shape index (κ2) is 10.8. The van der Waals surface area contributed by atoms with Crippen molar-refractivity contribution in [2.75, 3.05) is 10.6 Å². The number of rotatable bonds is 6. The number of aryl methyl sites for hydroxylation is 2. The van der Waals surface area contributed by atoms with Crippen LogP contribution in [-0.2, 0) is 11.2 Å². The van der Waals surface area contributed by atoms with Gasteiger partial charge in [0.1, 0.15) is 0 Å². The fraction of sp³-hybridized carbons (Fsp3) is 0.125. The van der Waals surface area contributed by atoms with Gasteiger partial charge < -0.3 is 10.6 Å². The van der Waals surface area contributed by atoms with Crippen LogP contribution in [0.1, 0.15) is 27.9 Å². The van der Waals surface area contributed by atoms with Gasteiger partial charge in [0, 0.05) is 27.8 Å². The number of benzene rings is 3. The molecule has 0 saturated carbocycles. The lowest BCUT2D eigenvalue weighted by Gasteiger charge is -2.11. The molecule has 0 aliphatic rings. The summed E-state index contributed by atoms with van der Waals surface area (Å²) in [7, 11) is 0. The SMILES string of the molecule is Cc1ccc(C(=O)NC(=S)Nc2ccc(NC(=O)CCc3ccccc3)cc2)cc1Br. The molecule has 2 amide bonds. The molecule has 0 unspecified atom stereocenters. The Labute approximate surface area is 195 Å². The first-order valence-electron chi connectivity index (χ1n) is 9.73. The van der Waals surface area contributed by atoms with Crippen LogP contribution in [0.5, 0.6) is 0 Å². The zero-order chi connectivity index (χ0) is 22.2. The van der Waals surface area contributed by atoms with Gasteiger partial charge >= 0.3 is 0 Å². The van der Waals surface area contributed by atoms with Crippen molar-refractivity contribution in [3.63, 3.8) is 0 Å². The van der Waals surface area contributed by atoms with Crippen LogP contribution in [0.15, 0.2) is 77.3 Å². The Balaban J connectivity index is 1.48. The Morgan fingerprint density at radius 2 is 1.55 bits per heavy atom. The number of hydrogen-bond acceptors (Lipinski definition) is 3. The first-order valence-corrected chi connectivity index (χ1v) is 10.9. The molecule has 31 heavy (non-hydrogen) atoms. The van der Waals surface area contributed by atoms with Gasteiger partial charge in [0.2, 0.25) is 5.91 Å². The molecule has 3 aromatic rings. The van der Waals surface area contributed by atoms with Gasteiger partial charge in [-0.05, 0) is 73.1 Å². The highest BCUT2D eigenvalue weighted by molar-refractivity contribution is 9.10. The molecular formula is C24H22BrN3O2S. The molecule has 0 bridgehead atoms. The molecule has 3 N–H and O–H groups in total. The average Bonchev–Trinajstić information content (AvgIpc) is 2.76. The maximum Gasteiger partial charge on any atom is 0.257 e. The zero-order valence-electron chi connectivity index (χ0n) is 16.9. The summed E-state index contributed by atoms with van der Waals surface area (Å²) in [6, 6.07) is 22.4. The van der Waals surface area contributed by atoms with Crippen LogP contribution in [0.2, 0.25) is 0 Å². The summed E-state index contributed by atoms with van der Waals surface area (Å²) in [6.07, 6.45) is 1.10. The van der Waals surface area contributed by atoms with Crippen LogP contribution < -0.4 is 16.0 Å². The third-order valence-corrected chi connectivity index (χ3v) is 5.63. The van der Waals surface area contributed by atoms with Crippen molar-refractivity contribution in [1.29, 1.82) is 0 Å². The lowest BCUT2D eigenvalue weighted by Crippen LogP contribution is -2.34. The molecule has 0 fully saturated rings. The predicted octanol–water partition coefficient (Wildman–Crippen LogP) is 5.46. The van der Waals surface area contributed by atoms with Crippen molar-refractivity contribution in [2.45, 2.75) is 19.8 Å². The number of carbonyl (C=O) groups excluding carboxylic acids is 2. The van der Waals surface area contributed by atoms with Gasteiger partial charge in [-0.15, -0.1) is 0 Å². The van der Waals surface area contributed by atoms with E-state index in [1.807, 2.05) is 43.3 Å². The molecule has 0 radical (unpaired) electrons. The smallest absolute Gasteiger partial charge is 0.257 e. The van der Waals surface area contributed by atoms with Gasteiger partial charge in [0.25, 0.3) is 5.91 Å². The molecule has 0 aromatic heterocycles. The van der Waals surface area contributed by atoms with Crippen LogP contribution in [-0.4, -0.2) is 16.9 Å². The summed E-state index contributed by atoms with van der Waals surface area (Å²) in [5.74, 6) is -0.336. The Hall–Kier alpha value is -3.03. The quantitative estimate of drug-likeness (QED) is 0.397. The summed E-state index contributed by atoms with van der Waals surface area (Å²) < 4.78 is 0.862. The summed E-state index contributed by atoms with van der Waals surface area (Å²) in [6.45, 7) is 1.95. The number of anilines is 2. The van der Waals surface area contributed by atoms with E-state index in [9.17, 15) is 9.59 Å². The van der Waals surface area contributed by atoms with E-state index in [0.29, 0.717) is 29.8 Å². The van der Waals surface area contributed by atoms with E-state index in [0.717, 1.165) is 15.6 Å². The van der Waals surface area contributed by atoms with Crippen molar-refractivity contribution in [1.82, 2.24) is 5.32 Å². The Kier molecular flexibility index (Phi) is 7.92. The maximum atomic E-state index is 12.3. The fourth-order valence-electron chi connectivity index (χ4n) is 2.83. The predicted molar refractivity (Wildman–Crippen MR) is 132 cm³/mol. The van der Waals surface area contributed by atoms with Gasteiger partial charge in [-0.1, -0.05) is 52.3 Å². The summed E-state index contributed by atoms with van der Waals surface area (Å²) >= 11 is 8.65. The third kappa shape index (κ3) is 7.01. The molecular weight excluding hydrogens is 474 g/mol. The summed E-state index contributed by atoms with van der Waals surface area (Å²) in [5, 5.41) is 8.71. The van der Waals surface area contributed by atoms with E-state index >= 15 is 0 Å². The van der Waals surface area contributed by atoms with Crippen LogP contribution in [0.25, 0.3) is 0 Å². The molecule has 7 heteroatoms. The third-order valence-electron chi connectivity index (χ3n) is 4.57. The highest BCUT2D eigenvalue weighted by Gasteiger charge is 2.10. The summed E-state index contributed by atoms with van der Waals surface area (Å²) in [5.41, 5.74) is 4.09. The molecule has 3 rings (SSSR count). The molecule has 0 heterocycles. The zero-order valence-corrected chi connectivity index (χ0v) is 19.3. The second-order valence-corrected chi connectivity index (χ2v) is 8.25. The van der Waals surface area contributed by atoms with Gasteiger partial charge in [0.15, 0.2) is 5.11 Å². The van der Waals surface area contributed by atoms with E-state index in [1.54, 1.807) is 36.4 Å². The number of amides is 2. The number of thiocarbonyl (C=S) groups is 1. The number of carbonyl (C=O) groups is 2. The van der Waals surface area contributed by atoms with E-state index < -0.39 is 0 Å². The normalized spacial score (nSPS) is 10.3. The lowest BCUT2D eigenvalue weighted by atomic mass is 10.1. The van der Waals surface area contributed by atoms with Gasteiger partial charge in [-0.25, -0.2) is 0 Å². The highest BCUT2D eigenvalue weighted by atomic mass is 79.9. The minimum Gasteiger partial charge on any atom is -0.332 e. The maximum absolute atomic E-state index is 12.3. The van der Waals surface area contributed by atoms with Crippen molar-refractivity contribution in [3.8, 4) is 0 Å². The molecule has 0 aliphatic carbocycles. The Morgan fingerprint density at radius 1 is 0.903 bits per heavy atom. The fourth-order valence-corrected chi connectivity index (χ4v) is 3.42. The molecule has 3 aromatic carbocycles. The van der Waals surface area contributed by atoms with Crippen LogP contribution >= 0.6 is 28.1 Å².